The maximum Gasteiger partial charge on any atom is 0.421 e. The van der Waals surface area contributed by atoms with E-state index in [-0.39, 0.29) is 30.2 Å². The van der Waals surface area contributed by atoms with Crippen molar-refractivity contribution in [1.82, 2.24) is 29.8 Å². The number of nitrogens with zero attached hydrogens (tertiary/aromatic N) is 7. The van der Waals surface area contributed by atoms with E-state index >= 15 is 0 Å². The highest BCUT2D eigenvalue weighted by Gasteiger charge is 2.51. The number of ether oxygens (including phenoxy) is 1. The van der Waals surface area contributed by atoms with E-state index in [1.54, 1.807) is 26.8 Å². The summed E-state index contributed by atoms with van der Waals surface area (Å²) in [6.45, 7) is 4.67. The van der Waals surface area contributed by atoms with Gasteiger partial charge in [0, 0.05) is 24.9 Å². The second kappa shape index (κ2) is 11.3. The zero-order valence-corrected chi connectivity index (χ0v) is 23.5. The number of rotatable bonds is 8. The van der Waals surface area contributed by atoms with Crippen LogP contribution in [0.2, 0.25) is 0 Å². The molecule has 0 spiro atoms. The number of halogens is 3. The molecule has 16 heteroatoms. The molecule has 3 aromatic rings. The summed E-state index contributed by atoms with van der Waals surface area (Å²) in [7, 11) is 1.51. The molecular formula is C27H27F3N8O5. The second-order valence-electron chi connectivity index (χ2n) is 9.90. The summed E-state index contributed by atoms with van der Waals surface area (Å²) in [6, 6.07) is 4.47. The number of pyridine rings is 2. The van der Waals surface area contributed by atoms with E-state index in [1.807, 2.05) is 0 Å². The maximum absolute atomic E-state index is 13.6. The fraction of sp³-hybridized carbons (Fsp3) is 0.370. The zero-order valence-electron chi connectivity index (χ0n) is 23.5. The van der Waals surface area contributed by atoms with E-state index in [1.165, 1.54) is 47.6 Å². The molecule has 5 rings (SSSR count). The highest BCUT2D eigenvalue weighted by atomic mass is 19.4. The molecule has 13 nitrogen and oxygen atoms in total. The van der Waals surface area contributed by atoms with Crippen LogP contribution in [0.15, 0.2) is 46.0 Å². The summed E-state index contributed by atoms with van der Waals surface area (Å²) >= 11 is 0. The monoisotopic (exact) mass is 600 g/mol. The number of carbonyl (C=O) groups excluding carboxylic acids is 3. The van der Waals surface area contributed by atoms with Crippen molar-refractivity contribution in [3.63, 3.8) is 0 Å². The van der Waals surface area contributed by atoms with Gasteiger partial charge in [-0.15, -0.1) is 0 Å². The quantitative estimate of drug-likeness (QED) is 0.411. The number of anilines is 1. The average molecular weight is 601 g/mol. The molecule has 226 valence electrons. The minimum Gasteiger partial charge on any atom is -0.478 e. The van der Waals surface area contributed by atoms with Crippen LogP contribution in [0.25, 0.3) is 11.3 Å². The van der Waals surface area contributed by atoms with Crippen LogP contribution in [-0.2, 0) is 22.3 Å². The predicted molar refractivity (Wildman–Crippen MR) is 145 cm³/mol. The molecule has 43 heavy (non-hydrogen) atoms. The largest absolute Gasteiger partial charge is 0.478 e. The van der Waals surface area contributed by atoms with Crippen LogP contribution in [0.1, 0.15) is 30.9 Å². The van der Waals surface area contributed by atoms with Gasteiger partial charge in [-0.2, -0.15) is 13.2 Å². The van der Waals surface area contributed by atoms with Crippen molar-refractivity contribution in [2.24, 2.45) is 4.99 Å². The van der Waals surface area contributed by atoms with Crippen molar-refractivity contribution in [3.8, 4) is 17.1 Å². The highest BCUT2D eigenvalue weighted by Crippen LogP contribution is 2.37. The fourth-order valence-electron chi connectivity index (χ4n) is 4.80. The Hall–Kier alpha value is -5.02. The minimum atomic E-state index is -4.71. The van der Waals surface area contributed by atoms with Gasteiger partial charge in [0.25, 0.3) is 5.91 Å². The lowest BCUT2D eigenvalue weighted by Crippen LogP contribution is -2.66. The fourth-order valence-corrected chi connectivity index (χ4v) is 4.80. The predicted octanol–water partition coefficient (Wildman–Crippen LogP) is 3.32. The molecule has 1 N–H and O–H groups in total. The van der Waals surface area contributed by atoms with E-state index in [9.17, 15) is 27.6 Å². The maximum atomic E-state index is 13.6. The molecule has 2 aliphatic rings. The second-order valence-corrected chi connectivity index (χ2v) is 9.90. The topological polar surface area (TPSA) is 146 Å². The first-order valence-electron chi connectivity index (χ1n) is 13.2. The number of fused-ring (bicyclic) bond motifs is 1. The van der Waals surface area contributed by atoms with Crippen molar-refractivity contribution >= 4 is 30.0 Å². The van der Waals surface area contributed by atoms with Crippen molar-refractivity contribution in [2.75, 3.05) is 19.0 Å². The van der Waals surface area contributed by atoms with Crippen LogP contribution in [0.5, 0.6) is 5.88 Å². The number of carbonyl (C=O) groups is 3. The number of amides is 4. The van der Waals surface area contributed by atoms with Gasteiger partial charge in [0.05, 0.1) is 25.2 Å². The summed E-state index contributed by atoms with van der Waals surface area (Å²) < 4.78 is 50.9. The molecule has 0 radical (unpaired) electrons. The smallest absolute Gasteiger partial charge is 0.421 e. The van der Waals surface area contributed by atoms with Crippen LogP contribution in [0.3, 0.4) is 0 Å². The molecule has 5 heterocycles. The number of urea groups is 1. The van der Waals surface area contributed by atoms with Crippen molar-refractivity contribution in [1.29, 1.82) is 0 Å². The normalized spacial score (nSPS) is 19.1. The summed E-state index contributed by atoms with van der Waals surface area (Å²) in [5.41, 5.74) is -0.459. The molecule has 2 unspecified atom stereocenters. The summed E-state index contributed by atoms with van der Waals surface area (Å²) in [5.74, 6) is -1.08. The number of likely N-dealkylation sites (N-methyl/N-ethyl adjacent to an activating group) is 1. The van der Waals surface area contributed by atoms with Gasteiger partial charge in [0.1, 0.15) is 28.9 Å². The Bertz CT molecular complexity index is 1590. The van der Waals surface area contributed by atoms with Gasteiger partial charge in [-0.1, -0.05) is 11.2 Å². The van der Waals surface area contributed by atoms with E-state index in [0.29, 0.717) is 11.5 Å². The van der Waals surface area contributed by atoms with Gasteiger partial charge >= 0.3 is 12.2 Å². The van der Waals surface area contributed by atoms with Gasteiger partial charge in [-0.25, -0.2) is 19.8 Å². The molecule has 1 saturated heterocycles. The van der Waals surface area contributed by atoms with E-state index in [0.717, 1.165) is 11.0 Å². The van der Waals surface area contributed by atoms with Crippen LogP contribution in [0.4, 0.5) is 23.8 Å². The molecule has 0 aliphatic carbocycles. The molecule has 3 atom stereocenters. The third-order valence-electron chi connectivity index (χ3n) is 6.96. The van der Waals surface area contributed by atoms with Crippen LogP contribution >= 0.6 is 0 Å². The minimum absolute atomic E-state index is 0.00816. The Balaban J connectivity index is 1.33. The summed E-state index contributed by atoms with van der Waals surface area (Å²) in [6.07, 6.45) is -3.00. The molecule has 0 bridgehead atoms. The van der Waals surface area contributed by atoms with Gasteiger partial charge in [-0.3, -0.25) is 14.5 Å². The Morgan fingerprint density at radius 3 is 2.67 bits per heavy atom. The SMILES string of the molecule is CCOc1ncc(-c2cccc(NC(=O)[C@H](C)N3C=NC4C3C(=O)N(Cc3cc(C)on3)C(=O)N4C)n2)cc1C(F)(F)F. The van der Waals surface area contributed by atoms with Gasteiger partial charge in [0.15, 0.2) is 12.2 Å². The lowest BCUT2D eigenvalue weighted by molar-refractivity contribution is -0.140. The lowest BCUT2D eigenvalue weighted by atomic mass is 10.1. The summed E-state index contributed by atoms with van der Waals surface area (Å²) in [5, 5.41) is 6.50. The zero-order chi connectivity index (χ0) is 31.1. The Morgan fingerprint density at radius 1 is 1.23 bits per heavy atom. The highest BCUT2D eigenvalue weighted by molar-refractivity contribution is 6.03. The van der Waals surface area contributed by atoms with Crippen LogP contribution in [0, 0.1) is 6.92 Å². The molecular weight excluding hydrogens is 573 g/mol. The summed E-state index contributed by atoms with van der Waals surface area (Å²) in [4.78, 5) is 55.9. The van der Waals surface area contributed by atoms with Gasteiger partial charge < -0.3 is 24.4 Å². The first-order valence-corrected chi connectivity index (χ1v) is 13.2. The van der Waals surface area contributed by atoms with Crippen molar-refractivity contribution in [2.45, 2.75) is 51.7 Å². The number of aryl methyl sites for hydroxylation is 1. The Morgan fingerprint density at radius 2 is 2.00 bits per heavy atom. The molecule has 0 saturated carbocycles. The van der Waals surface area contributed by atoms with Gasteiger partial charge in [0.2, 0.25) is 11.8 Å². The molecule has 1 fully saturated rings. The number of hydrogen-bond acceptors (Lipinski definition) is 10. The van der Waals surface area contributed by atoms with Crippen LogP contribution < -0.4 is 10.1 Å². The third-order valence-corrected chi connectivity index (χ3v) is 6.96. The van der Waals surface area contributed by atoms with Crippen molar-refractivity contribution < 1.29 is 36.8 Å². The first-order chi connectivity index (χ1) is 20.4. The van der Waals surface area contributed by atoms with E-state index in [2.05, 4.69) is 25.4 Å². The molecule has 0 aromatic carbocycles. The van der Waals surface area contributed by atoms with Crippen molar-refractivity contribution in [3.05, 3.63) is 53.5 Å². The number of alkyl halides is 3. The Kier molecular flexibility index (Phi) is 7.77. The molecule has 4 amide bonds. The standard InChI is InChI=1S/C27H27F3N8O5/c1-5-42-24-18(27(28,29)30)10-16(11-31-24)19-7-6-8-20(33-19)34-23(39)15(3)38-13-32-22-21(38)25(40)37(26(41)36(22)4)12-17-9-14(2)43-35-17/h6-11,13,15,21-22H,5,12H2,1-4H3,(H,33,34,39)/t15-,21?,22?/m0/s1. The van der Waals surface area contributed by atoms with Crippen LogP contribution in [-0.4, -0.2) is 85.9 Å². The number of imide groups is 1. The molecule has 2 aliphatic heterocycles. The number of aliphatic imine (C=N–C) groups is 1. The number of hydrogen-bond donors (Lipinski definition) is 1. The average Bonchev–Trinajstić information content (AvgIpc) is 3.60. The number of aromatic nitrogens is 3. The third kappa shape index (κ3) is 5.72. The number of nitrogens with one attached hydrogen (secondary N) is 1. The van der Waals surface area contributed by atoms with E-state index in [4.69, 9.17) is 9.26 Å². The first kappa shape index (κ1) is 29.5. The lowest BCUT2D eigenvalue weighted by Gasteiger charge is -2.42. The molecule has 3 aromatic heterocycles. The Labute approximate surface area is 243 Å². The van der Waals surface area contributed by atoms with E-state index < -0.39 is 53.7 Å². The van der Waals surface area contributed by atoms with Gasteiger partial charge in [-0.05, 0) is 39.0 Å².